The number of ether oxygens (including phenoxy) is 1. The van der Waals surface area contributed by atoms with E-state index in [-0.39, 0.29) is 23.7 Å². The molecule has 0 unspecified atom stereocenters. The number of aromatic nitrogens is 1. The first-order valence-corrected chi connectivity index (χ1v) is 8.16. The Morgan fingerprint density at radius 1 is 1.14 bits per heavy atom. The van der Waals surface area contributed by atoms with E-state index in [9.17, 15) is 20.0 Å². The number of non-ortho nitro benzene ring substituents is 1. The number of nitrogens with two attached hydrogens (primary N) is 1. The molecule has 2 amide bonds. The van der Waals surface area contributed by atoms with E-state index in [0.717, 1.165) is 11.0 Å². The fraction of sp³-hybridized carbons (Fsp3) is 0.0526. The second-order valence-electron chi connectivity index (χ2n) is 5.68. The third-order valence-electron chi connectivity index (χ3n) is 3.84. The summed E-state index contributed by atoms with van der Waals surface area (Å²) in [5.41, 5.74) is 6.15. The van der Waals surface area contributed by atoms with Crippen molar-refractivity contribution in [1.82, 2.24) is 4.98 Å². The van der Waals surface area contributed by atoms with Crippen molar-refractivity contribution in [2.45, 2.75) is 6.61 Å². The van der Waals surface area contributed by atoms with Crippen molar-refractivity contribution in [2.24, 2.45) is 5.73 Å². The largest absolute Gasteiger partial charge is 0.505 e. The van der Waals surface area contributed by atoms with Crippen LogP contribution >= 0.6 is 0 Å². The monoisotopic (exact) mass is 380 g/mol. The van der Waals surface area contributed by atoms with Crippen LogP contribution in [0, 0.1) is 10.1 Å². The highest BCUT2D eigenvalue weighted by molar-refractivity contribution is 6.01. The number of para-hydroxylation sites is 2. The van der Waals surface area contributed by atoms with Gasteiger partial charge in [0.15, 0.2) is 0 Å². The Bertz CT molecular complexity index is 1010. The molecule has 0 aliphatic carbocycles. The summed E-state index contributed by atoms with van der Waals surface area (Å²) >= 11 is 0. The molecule has 0 fully saturated rings. The number of nitro groups is 1. The highest BCUT2D eigenvalue weighted by Gasteiger charge is 2.23. The van der Waals surface area contributed by atoms with Crippen molar-refractivity contribution in [1.29, 1.82) is 0 Å². The molecule has 142 valence electrons. The first kappa shape index (κ1) is 18.6. The SMILES string of the molecule is NC(=O)N(c1ccc([N+](=O)[O-])cc1O)c1ccccc1OCc1ccccn1. The van der Waals surface area contributed by atoms with E-state index < -0.39 is 16.7 Å². The summed E-state index contributed by atoms with van der Waals surface area (Å²) < 4.78 is 5.78. The molecule has 1 aromatic heterocycles. The topological polar surface area (TPSA) is 132 Å². The molecule has 0 aliphatic rings. The van der Waals surface area contributed by atoms with Gasteiger partial charge in [0.1, 0.15) is 18.1 Å². The van der Waals surface area contributed by atoms with E-state index in [1.165, 1.54) is 12.1 Å². The van der Waals surface area contributed by atoms with Crippen LogP contribution in [-0.2, 0) is 6.61 Å². The molecule has 0 aliphatic heterocycles. The molecule has 1 heterocycles. The van der Waals surface area contributed by atoms with E-state index in [1.54, 1.807) is 42.6 Å². The number of pyridine rings is 1. The zero-order valence-electron chi connectivity index (χ0n) is 14.6. The van der Waals surface area contributed by atoms with E-state index in [2.05, 4.69) is 4.98 Å². The van der Waals surface area contributed by atoms with Gasteiger partial charge in [-0.05, 0) is 30.3 Å². The molecule has 3 N–H and O–H groups in total. The second-order valence-corrected chi connectivity index (χ2v) is 5.68. The van der Waals surface area contributed by atoms with Crippen LogP contribution in [0.4, 0.5) is 21.9 Å². The smallest absolute Gasteiger partial charge is 0.324 e. The number of anilines is 2. The number of nitro benzene ring substituents is 1. The summed E-state index contributed by atoms with van der Waals surface area (Å²) in [4.78, 5) is 27.5. The lowest BCUT2D eigenvalue weighted by molar-refractivity contribution is -0.384. The summed E-state index contributed by atoms with van der Waals surface area (Å²) in [7, 11) is 0. The van der Waals surface area contributed by atoms with E-state index in [1.807, 2.05) is 6.07 Å². The number of hydrogen-bond acceptors (Lipinski definition) is 6. The molecule has 0 saturated carbocycles. The minimum atomic E-state index is -0.891. The van der Waals surface area contributed by atoms with Crippen molar-refractivity contribution in [3.8, 4) is 11.5 Å². The number of primary amides is 1. The Morgan fingerprint density at radius 3 is 2.54 bits per heavy atom. The fourth-order valence-electron chi connectivity index (χ4n) is 2.58. The average molecular weight is 380 g/mol. The number of benzene rings is 2. The number of aromatic hydroxyl groups is 1. The Balaban J connectivity index is 1.97. The van der Waals surface area contributed by atoms with Gasteiger partial charge in [-0.1, -0.05) is 18.2 Å². The van der Waals surface area contributed by atoms with Gasteiger partial charge >= 0.3 is 6.03 Å². The number of phenols is 1. The minimum Gasteiger partial charge on any atom is -0.505 e. The number of rotatable bonds is 6. The summed E-state index contributed by atoms with van der Waals surface area (Å²) in [5, 5.41) is 21.1. The lowest BCUT2D eigenvalue weighted by Gasteiger charge is -2.23. The van der Waals surface area contributed by atoms with Crippen molar-refractivity contribution in [3.05, 3.63) is 82.7 Å². The minimum absolute atomic E-state index is 0.00742. The molecule has 0 saturated heterocycles. The van der Waals surface area contributed by atoms with Crippen molar-refractivity contribution < 1.29 is 19.6 Å². The van der Waals surface area contributed by atoms with E-state index in [0.29, 0.717) is 11.4 Å². The molecular weight excluding hydrogens is 364 g/mol. The molecule has 28 heavy (non-hydrogen) atoms. The summed E-state index contributed by atoms with van der Waals surface area (Å²) in [6.45, 7) is 0.150. The lowest BCUT2D eigenvalue weighted by atomic mass is 10.2. The van der Waals surface area contributed by atoms with Crippen LogP contribution in [-0.4, -0.2) is 21.0 Å². The fourth-order valence-corrected chi connectivity index (χ4v) is 2.58. The Kier molecular flexibility index (Phi) is 5.35. The number of amides is 2. The quantitative estimate of drug-likeness (QED) is 0.497. The number of phenolic OH excluding ortho intramolecular Hbond substituents is 1. The molecule has 0 atom stereocenters. The Labute approximate surface area is 159 Å². The molecule has 0 spiro atoms. The van der Waals surface area contributed by atoms with Crippen LogP contribution in [0.25, 0.3) is 0 Å². The van der Waals surface area contributed by atoms with E-state index >= 15 is 0 Å². The van der Waals surface area contributed by atoms with Gasteiger partial charge in [-0.2, -0.15) is 0 Å². The van der Waals surface area contributed by atoms with Crippen LogP contribution in [0.5, 0.6) is 11.5 Å². The van der Waals surface area contributed by atoms with Gasteiger partial charge in [0.2, 0.25) is 0 Å². The predicted octanol–water partition coefficient (Wildman–Crippen LogP) is 3.49. The summed E-state index contributed by atoms with van der Waals surface area (Å²) in [6.07, 6.45) is 1.63. The van der Waals surface area contributed by atoms with Gasteiger partial charge in [-0.15, -0.1) is 0 Å². The molecule has 0 bridgehead atoms. The third-order valence-corrected chi connectivity index (χ3v) is 3.84. The summed E-state index contributed by atoms with van der Waals surface area (Å²) in [5.74, 6) is -0.141. The first-order valence-electron chi connectivity index (χ1n) is 8.16. The Hall–Kier alpha value is -4.14. The van der Waals surface area contributed by atoms with Crippen molar-refractivity contribution in [3.63, 3.8) is 0 Å². The van der Waals surface area contributed by atoms with E-state index in [4.69, 9.17) is 10.5 Å². The first-order chi connectivity index (χ1) is 13.5. The number of carbonyl (C=O) groups excluding carboxylic acids is 1. The number of carbonyl (C=O) groups is 1. The van der Waals surface area contributed by atoms with Crippen LogP contribution in [0.2, 0.25) is 0 Å². The predicted molar refractivity (Wildman–Crippen MR) is 101 cm³/mol. The summed E-state index contributed by atoms with van der Waals surface area (Å²) in [6, 6.07) is 14.5. The lowest BCUT2D eigenvalue weighted by Crippen LogP contribution is -2.31. The molecular formula is C19H16N4O5. The highest BCUT2D eigenvalue weighted by Crippen LogP contribution is 2.39. The average Bonchev–Trinajstić information content (AvgIpc) is 2.69. The van der Waals surface area contributed by atoms with Gasteiger partial charge < -0.3 is 15.6 Å². The van der Waals surface area contributed by atoms with Gasteiger partial charge in [0.05, 0.1) is 28.1 Å². The van der Waals surface area contributed by atoms with Crippen LogP contribution in [0.1, 0.15) is 5.69 Å². The Morgan fingerprint density at radius 2 is 1.89 bits per heavy atom. The van der Waals surface area contributed by atoms with Crippen LogP contribution < -0.4 is 15.4 Å². The van der Waals surface area contributed by atoms with Gasteiger partial charge in [0.25, 0.3) is 5.69 Å². The molecule has 3 aromatic rings. The molecule has 0 radical (unpaired) electrons. The van der Waals surface area contributed by atoms with Crippen LogP contribution in [0.3, 0.4) is 0 Å². The van der Waals surface area contributed by atoms with Crippen LogP contribution in [0.15, 0.2) is 66.9 Å². The number of hydrogen-bond donors (Lipinski definition) is 2. The number of nitrogens with zero attached hydrogens (tertiary/aromatic N) is 3. The van der Waals surface area contributed by atoms with Gasteiger partial charge in [-0.3, -0.25) is 20.0 Å². The van der Waals surface area contributed by atoms with Crippen molar-refractivity contribution >= 4 is 23.1 Å². The highest BCUT2D eigenvalue weighted by atomic mass is 16.6. The zero-order chi connectivity index (χ0) is 20.1. The molecule has 3 rings (SSSR count). The normalized spacial score (nSPS) is 10.3. The molecule has 9 nitrogen and oxygen atoms in total. The van der Waals surface area contributed by atoms with Gasteiger partial charge in [-0.25, -0.2) is 4.79 Å². The third kappa shape index (κ3) is 3.98. The number of urea groups is 1. The molecule has 2 aromatic carbocycles. The zero-order valence-corrected chi connectivity index (χ0v) is 14.6. The second kappa shape index (κ2) is 8.04. The van der Waals surface area contributed by atoms with Gasteiger partial charge in [0, 0.05) is 12.3 Å². The van der Waals surface area contributed by atoms with Crippen molar-refractivity contribution in [2.75, 3.05) is 4.90 Å². The standard InChI is InChI=1S/C19H16N4O5/c20-19(25)22(15-9-8-14(23(26)27)11-17(15)24)16-6-1-2-7-18(16)28-12-13-5-3-4-10-21-13/h1-11,24H,12H2,(H2,20,25). The maximum atomic E-state index is 12.1. The maximum absolute atomic E-state index is 12.1. The maximum Gasteiger partial charge on any atom is 0.324 e. The molecule has 9 heteroatoms.